The van der Waals surface area contributed by atoms with Crippen LogP contribution in [0.25, 0.3) is 10.9 Å². The Morgan fingerprint density at radius 2 is 2.08 bits per heavy atom. The summed E-state index contributed by atoms with van der Waals surface area (Å²) in [6, 6.07) is 7.08. The van der Waals surface area contributed by atoms with E-state index in [-0.39, 0.29) is 11.5 Å². The van der Waals surface area contributed by atoms with Crippen LogP contribution in [0.2, 0.25) is 0 Å². The topological polar surface area (TPSA) is 89.8 Å². The predicted molar refractivity (Wildman–Crippen MR) is 93.2 cm³/mol. The molecule has 3 rings (SSSR count). The zero-order chi connectivity index (χ0) is 17.1. The lowest BCUT2D eigenvalue weighted by atomic mass is 10.2. The van der Waals surface area contributed by atoms with E-state index < -0.39 is 0 Å². The Bertz CT molecular complexity index is 928. The molecule has 0 aliphatic carbocycles. The first-order chi connectivity index (χ1) is 11.5. The van der Waals surface area contributed by atoms with E-state index >= 15 is 0 Å². The average molecular weight is 343 g/mol. The number of amides is 1. The first kappa shape index (κ1) is 16.3. The van der Waals surface area contributed by atoms with Crippen molar-refractivity contribution < 1.29 is 4.79 Å². The molecule has 1 N–H and O–H groups in total. The minimum Gasteiger partial charge on any atom is -0.302 e. The summed E-state index contributed by atoms with van der Waals surface area (Å²) >= 11 is 1.46. The highest BCUT2D eigenvalue weighted by molar-refractivity contribution is 7.15. The van der Waals surface area contributed by atoms with E-state index in [2.05, 4.69) is 20.6 Å². The van der Waals surface area contributed by atoms with Gasteiger partial charge in [-0.1, -0.05) is 17.3 Å². The minimum atomic E-state index is -0.188. The lowest BCUT2D eigenvalue weighted by Crippen LogP contribution is -2.25. The summed E-state index contributed by atoms with van der Waals surface area (Å²) < 4.78 is 1.30. The van der Waals surface area contributed by atoms with Gasteiger partial charge < -0.3 is 5.32 Å². The third kappa shape index (κ3) is 3.48. The summed E-state index contributed by atoms with van der Waals surface area (Å²) in [5, 5.41) is 11.9. The molecule has 0 fully saturated rings. The van der Waals surface area contributed by atoms with E-state index in [9.17, 15) is 9.59 Å². The fourth-order valence-corrected chi connectivity index (χ4v) is 3.10. The van der Waals surface area contributed by atoms with Gasteiger partial charge in [-0.15, -0.1) is 16.4 Å². The maximum Gasteiger partial charge on any atom is 0.277 e. The number of hydrogen-bond donors (Lipinski definition) is 1. The van der Waals surface area contributed by atoms with E-state index in [0.717, 1.165) is 10.6 Å². The van der Waals surface area contributed by atoms with Crippen molar-refractivity contribution in [3.05, 3.63) is 45.2 Å². The molecule has 1 amide bonds. The molecule has 0 bridgehead atoms. The Labute approximate surface area is 142 Å². The summed E-state index contributed by atoms with van der Waals surface area (Å²) in [5.41, 5.74) is 1.31. The van der Waals surface area contributed by atoms with Crippen molar-refractivity contribution in [1.82, 2.24) is 20.0 Å². The molecule has 0 spiro atoms. The van der Waals surface area contributed by atoms with Crippen LogP contribution in [0.5, 0.6) is 0 Å². The minimum absolute atomic E-state index is 0.120. The highest BCUT2D eigenvalue weighted by atomic mass is 32.1. The number of carbonyl (C=O) groups is 1. The zero-order valence-electron chi connectivity index (χ0n) is 13.4. The van der Waals surface area contributed by atoms with Gasteiger partial charge in [0.15, 0.2) is 5.13 Å². The molecule has 24 heavy (non-hydrogen) atoms. The van der Waals surface area contributed by atoms with Crippen LogP contribution in [0.1, 0.15) is 23.4 Å². The van der Waals surface area contributed by atoms with Crippen molar-refractivity contribution in [3.8, 4) is 0 Å². The molecule has 0 aliphatic rings. The SMILES string of the molecule is Cc1nc(NC(=O)CCCn2nnc3ccccc3c2=O)sc1C. The molecule has 0 saturated carbocycles. The molecule has 0 radical (unpaired) electrons. The third-order valence-electron chi connectivity index (χ3n) is 3.68. The van der Waals surface area contributed by atoms with Gasteiger partial charge in [0.25, 0.3) is 5.56 Å². The molecule has 7 nitrogen and oxygen atoms in total. The Balaban J connectivity index is 1.59. The largest absolute Gasteiger partial charge is 0.302 e. The summed E-state index contributed by atoms with van der Waals surface area (Å²) in [6.45, 7) is 4.22. The van der Waals surface area contributed by atoms with E-state index in [1.807, 2.05) is 19.9 Å². The Morgan fingerprint density at radius 1 is 1.29 bits per heavy atom. The summed E-state index contributed by atoms with van der Waals surface area (Å²) in [4.78, 5) is 29.6. The monoisotopic (exact) mass is 343 g/mol. The van der Waals surface area contributed by atoms with Crippen molar-refractivity contribution in [2.75, 3.05) is 5.32 Å². The van der Waals surface area contributed by atoms with Crippen molar-refractivity contribution >= 4 is 33.3 Å². The lowest BCUT2D eigenvalue weighted by Gasteiger charge is -2.05. The summed E-state index contributed by atoms with van der Waals surface area (Å²) in [7, 11) is 0. The van der Waals surface area contributed by atoms with Crippen LogP contribution in [0.4, 0.5) is 5.13 Å². The highest BCUT2D eigenvalue weighted by Gasteiger charge is 2.09. The number of fused-ring (bicyclic) bond motifs is 1. The number of aromatic nitrogens is 4. The van der Waals surface area contributed by atoms with Crippen LogP contribution in [0, 0.1) is 13.8 Å². The molecule has 0 atom stereocenters. The van der Waals surface area contributed by atoms with Crippen LogP contribution < -0.4 is 10.9 Å². The number of nitrogens with one attached hydrogen (secondary N) is 1. The average Bonchev–Trinajstić information content (AvgIpc) is 2.87. The number of benzene rings is 1. The Morgan fingerprint density at radius 3 is 2.83 bits per heavy atom. The molecular weight excluding hydrogens is 326 g/mol. The van der Waals surface area contributed by atoms with Crippen LogP contribution in [0.15, 0.2) is 29.1 Å². The number of carbonyl (C=O) groups excluding carboxylic acids is 1. The van der Waals surface area contributed by atoms with Crippen molar-refractivity contribution in [2.24, 2.45) is 0 Å². The van der Waals surface area contributed by atoms with E-state index in [0.29, 0.717) is 35.4 Å². The smallest absolute Gasteiger partial charge is 0.277 e. The second-order valence-corrected chi connectivity index (χ2v) is 6.65. The second kappa shape index (κ2) is 6.88. The fraction of sp³-hybridized carbons (Fsp3) is 0.312. The zero-order valence-corrected chi connectivity index (χ0v) is 14.3. The number of aryl methyl sites for hydroxylation is 3. The Hall–Kier alpha value is -2.61. The molecule has 1 aromatic carbocycles. The lowest BCUT2D eigenvalue weighted by molar-refractivity contribution is -0.116. The molecule has 2 aromatic heterocycles. The van der Waals surface area contributed by atoms with Gasteiger partial charge in [0, 0.05) is 17.8 Å². The number of rotatable bonds is 5. The molecule has 124 valence electrons. The molecule has 3 aromatic rings. The van der Waals surface area contributed by atoms with Crippen molar-refractivity contribution in [3.63, 3.8) is 0 Å². The van der Waals surface area contributed by atoms with Crippen LogP contribution in [-0.4, -0.2) is 25.9 Å². The predicted octanol–water partition coefficient (Wildman–Crippen LogP) is 2.28. The van der Waals surface area contributed by atoms with E-state index in [1.54, 1.807) is 18.2 Å². The third-order valence-corrected chi connectivity index (χ3v) is 4.67. The quantitative estimate of drug-likeness (QED) is 0.767. The maximum absolute atomic E-state index is 12.3. The Kier molecular flexibility index (Phi) is 4.66. The molecule has 0 unspecified atom stereocenters. The summed E-state index contributed by atoms with van der Waals surface area (Å²) in [6.07, 6.45) is 0.792. The van der Waals surface area contributed by atoms with E-state index in [4.69, 9.17) is 0 Å². The molecular formula is C16H17N5O2S. The molecule has 0 saturated heterocycles. The van der Waals surface area contributed by atoms with Crippen molar-refractivity contribution in [2.45, 2.75) is 33.2 Å². The van der Waals surface area contributed by atoms with Crippen LogP contribution >= 0.6 is 11.3 Å². The van der Waals surface area contributed by atoms with E-state index in [1.165, 1.54) is 16.0 Å². The van der Waals surface area contributed by atoms with Gasteiger partial charge in [0.1, 0.15) is 5.52 Å². The standard InChI is InChI=1S/C16H17N5O2S/c1-10-11(2)24-16(17-10)18-14(22)8-5-9-21-15(23)12-6-3-4-7-13(12)19-20-21/h3-4,6-7H,5,8-9H2,1-2H3,(H,17,18,22). The summed E-state index contributed by atoms with van der Waals surface area (Å²) in [5.74, 6) is -0.120. The van der Waals surface area contributed by atoms with Crippen LogP contribution in [0.3, 0.4) is 0 Å². The molecule has 8 heteroatoms. The van der Waals surface area contributed by atoms with Gasteiger partial charge in [-0.2, -0.15) is 0 Å². The number of anilines is 1. The second-order valence-electron chi connectivity index (χ2n) is 5.45. The number of thiazole rings is 1. The fourth-order valence-electron chi connectivity index (χ4n) is 2.27. The molecule has 0 aliphatic heterocycles. The van der Waals surface area contributed by atoms with Gasteiger partial charge in [-0.05, 0) is 32.4 Å². The van der Waals surface area contributed by atoms with Gasteiger partial charge in [0.2, 0.25) is 5.91 Å². The molecule has 2 heterocycles. The number of hydrogen-bond acceptors (Lipinski definition) is 6. The van der Waals surface area contributed by atoms with Crippen molar-refractivity contribution in [1.29, 1.82) is 0 Å². The first-order valence-electron chi connectivity index (χ1n) is 7.61. The van der Waals surface area contributed by atoms with Crippen LogP contribution in [-0.2, 0) is 11.3 Å². The van der Waals surface area contributed by atoms with Gasteiger partial charge in [0.05, 0.1) is 11.1 Å². The highest BCUT2D eigenvalue weighted by Crippen LogP contribution is 2.21. The number of nitrogens with zero attached hydrogens (tertiary/aromatic N) is 4. The van der Waals surface area contributed by atoms with Gasteiger partial charge in [-0.3, -0.25) is 9.59 Å². The normalized spacial score (nSPS) is 10.9. The van der Waals surface area contributed by atoms with Gasteiger partial charge in [-0.25, -0.2) is 9.67 Å². The maximum atomic E-state index is 12.3. The first-order valence-corrected chi connectivity index (χ1v) is 8.42. The van der Waals surface area contributed by atoms with Gasteiger partial charge >= 0.3 is 0 Å².